The van der Waals surface area contributed by atoms with Gasteiger partial charge in [-0.3, -0.25) is 10.1 Å². The zero-order chi connectivity index (χ0) is 9.80. The molecule has 1 aliphatic rings. The molecule has 0 atom stereocenters. The normalized spacial score (nSPS) is 15.4. The van der Waals surface area contributed by atoms with Crippen molar-refractivity contribution in [1.29, 1.82) is 0 Å². The van der Waals surface area contributed by atoms with Gasteiger partial charge in [-0.15, -0.1) is 0 Å². The van der Waals surface area contributed by atoms with Gasteiger partial charge in [0, 0.05) is 0 Å². The monoisotopic (exact) mass is 196 g/mol. The number of hydrogen-bond donors (Lipinski definition) is 2. The van der Waals surface area contributed by atoms with Gasteiger partial charge in [-0.2, -0.15) is 10.1 Å². The lowest BCUT2D eigenvalue weighted by atomic mass is 10.5. The summed E-state index contributed by atoms with van der Waals surface area (Å²) in [4.78, 5) is 14.9. The number of nitrogens with one attached hydrogen (secondary N) is 2. The van der Waals surface area contributed by atoms with E-state index in [9.17, 15) is 4.79 Å². The smallest absolute Gasteiger partial charge is 0.252 e. The van der Waals surface area contributed by atoms with E-state index in [4.69, 9.17) is 4.74 Å². The maximum absolute atomic E-state index is 11.2. The Bertz CT molecular complexity index is 294. The zero-order valence-corrected chi connectivity index (χ0v) is 7.69. The Balaban J connectivity index is 1.62. The first kappa shape index (κ1) is 9.14. The molecule has 76 valence electrons. The summed E-state index contributed by atoms with van der Waals surface area (Å²) in [6, 6.07) is 0. The van der Waals surface area contributed by atoms with E-state index in [-0.39, 0.29) is 12.5 Å². The molecule has 1 saturated carbocycles. The number of amides is 1. The number of nitrogens with zero attached hydrogens (tertiary/aromatic N) is 2. The van der Waals surface area contributed by atoms with Crippen LogP contribution in [-0.2, 0) is 9.53 Å². The molecule has 1 amide bonds. The van der Waals surface area contributed by atoms with E-state index in [1.54, 1.807) is 0 Å². The van der Waals surface area contributed by atoms with Crippen LogP contribution in [-0.4, -0.2) is 34.3 Å². The Morgan fingerprint density at radius 2 is 2.57 bits per heavy atom. The molecule has 6 nitrogen and oxygen atoms in total. The van der Waals surface area contributed by atoms with Crippen molar-refractivity contribution in [2.24, 2.45) is 5.92 Å². The van der Waals surface area contributed by atoms with E-state index in [1.165, 1.54) is 19.2 Å². The topological polar surface area (TPSA) is 79.9 Å². The molecular weight excluding hydrogens is 184 g/mol. The fraction of sp³-hybridized carbons (Fsp3) is 0.625. The highest BCUT2D eigenvalue weighted by Crippen LogP contribution is 2.28. The standard InChI is InChI=1S/C8H12N4O2/c13-7(4-14-3-6-1-2-6)11-8-9-5-10-12-8/h5-6H,1-4H2,(H2,9,10,11,12,13). The first-order valence-electron chi connectivity index (χ1n) is 4.57. The number of H-pyrrole nitrogens is 1. The van der Waals surface area contributed by atoms with Crippen molar-refractivity contribution in [3.05, 3.63) is 6.33 Å². The fourth-order valence-corrected chi connectivity index (χ4v) is 1.04. The maximum Gasteiger partial charge on any atom is 0.252 e. The zero-order valence-electron chi connectivity index (χ0n) is 7.69. The highest BCUT2D eigenvalue weighted by Gasteiger charge is 2.21. The van der Waals surface area contributed by atoms with E-state index in [0.717, 1.165) is 0 Å². The third kappa shape index (κ3) is 2.81. The molecule has 0 saturated heterocycles. The molecule has 2 N–H and O–H groups in total. The summed E-state index contributed by atoms with van der Waals surface area (Å²) in [5.41, 5.74) is 0. The van der Waals surface area contributed by atoms with Gasteiger partial charge in [0.15, 0.2) is 0 Å². The van der Waals surface area contributed by atoms with Crippen LogP contribution < -0.4 is 5.32 Å². The molecule has 6 heteroatoms. The molecule has 0 radical (unpaired) electrons. The van der Waals surface area contributed by atoms with Gasteiger partial charge in [0.2, 0.25) is 5.95 Å². The Labute approximate surface area is 81.1 Å². The van der Waals surface area contributed by atoms with Crippen molar-refractivity contribution in [2.75, 3.05) is 18.5 Å². The molecule has 2 rings (SSSR count). The summed E-state index contributed by atoms with van der Waals surface area (Å²) in [7, 11) is 0. The van der Waals surface area contributed by atoms with Crippen LogP contribution in [0.15, 0.2) is 6.33 Å². The molecule has 1 aliphatic carbocycles. The molecule has 0 aromatic carbocycles. The second-order valence-corrected chi connectivity index (χ2v) is 3.34. The molecule has 0 bridgehead atoms. The molecular formula is C8H12N4O2. The second kappa shape index (κ2) is 4.19. The fourth-order valence-electron chi connectivity index (χ4n) is 1.04. The number of rotatable bonds is 5. The molecule has 14 heavy (non-hydrogen) atoms. The van der Waals surface area contributed by atoms with E-state index in [2.05, 4.69) is 20.5 Å². The van der Waals surface area contributed by atoms with Crippen molar-refractivity contribution in [2.45, 2.75) is 12.8 Å². The first-order chi connectivity index (χ1) is 6.84. The van der Waals surface area contributed by atoms with Gasteiger partial charge >= 0.3 is 0 Å². The van der Waals surface area contributed by atoms with Crippen molar-refractivity contribution < 1.29 is 9.53 Å². The largest absolute Gasteiger partial charge is 0.371 e. The quantitative estimate of drug-likeness (QED) is 0.703. The van der Waals surface area contributed by atoms with Crippen LogP contribution in [0.5, 0.6) is 0 Å². The number of aromatic nitrogens is 3. The minimum atomic E-state index is -0.206. The Morgan fingerprint density at radius 1 is 1.71 bits per heavy atom. The predicted molar refractivity (Wildman–Crippen MR) is 48.6 cm³/mol. The molecule has 0 unspecified atom stereocenters. The van der Waals surface area contributed by atoms with Gasteiger partial charge < -0.3 is 4.74 Å². The minimum absolute atomic E-state index is 0.0806. The lowest BCUT2D eigenvalue weighted by molar-refractivity contribution is -0.120. The Hall–Kier alpha value is -1.43. The van der Waals surface area contributed by atoms with Gasteiger partial charge in [0.05, 0.1) is 6.61 Å². The summed E-state index contributed by atoms with van der Waals surface area (Å²) >= 11 is 0. The Kier molecular flexibility index (Phi) is 2.73. The lowest BCUT2D eigenvalue weighted by Crippen LogP contribution is -2.19. The molecule has 1 aromatic rings. The SMILES string of the molecule is O=C(COCC1CC1)Nc1ncn[nH]1. The molecule has 1 aromatic heterocycles. The van der Waals surface area contributed by atoms with Crippen molar-refractivity contribution in [1.82, 2.24) is 15.2 Å². The van der Waals surface area contributed by atoms with Crippen LogP contribution in [0.2, 0.25) is 0 Å². The third-order valence-corrected chi connectivity index (χ3v) is 1.96. The number of ether oxygens (including phenoxy) is 1. The van der Waals surface area contributed by atoms with Crippen LogP contribution >= 0.6 is 0 Å². The van der Waals surface area contributed by atoms with E-state index < -0.39 is 0 Å². The number of anilines is 1. The van der Waals surface area contributed by atoms with E-state index in [0.29, 0.717) is 18.5 Å². The Morgan fingerprint density at radius 3 is 3.21 bits per heavy atom. The second-order valence-electron chi connectivity index (χ2n) is 3.34. The minimum Gasteiger partial charge on any atom is -0.371 e. The molecule has 1 fully saturated rings. The number of carbonyl (C=O) groups excluding carboxylic acids is 1. The van der Waals surface area contributed by atoms with Crippen LogP contribution in [0.4, 0.5) is 5.95 Å². The van der Waals surface area contributed by atoms with Crippen LogP contribution in [0.25, 0.3) is 0 Å². The van der Waals surface area contributed by atoms with Gasteiger partial charge in [0.1, 0.15) is 12.9 Å². The van der Waals surface area contributed by atoms with Crippen LogP contribution in [0, 0.1) is 5.92 Å². The molecule has 1 heterocycles. The summed E-state index contributed by atoms with van der Waals surface area (Å²) in [6.45, 7) is 0.765. The van der Waals surface area contributed by atoms with Crippen molar-refractivity contribution in [3.8, 4) is 0 Å². The average molecular weight is 196 g/mol. The highest BCUT2D eigenvalue weighted by molar-refractivity contribution is 5.89. The maximum atomic E-state index is 11.2. The summed E-state index contributed by atoms with van der Waals surface area (Å²) in [6.07, 6.45) is 3.79. The third-order valence-electron chi connectivity index (χ3n) is 1.96. The first-order valence-corrected chi connectivity index (χ1v) is 4.57. The van der Waals surface area contributed by atoms with Gasteiger partial charge in [-0.25, -0.2) is 5.10 Å². The summed E-state index contributed by atoms with van der Waals surface area (Å²) in [5.74, 6) is 0.820. The average Bonchev–Trinajstić information content (AvgIpc) is 2.83. The van der Waals surface area contributed by atoms with Crippen molar-refractivity contribution >= 4 is 11.9 Å². The summed E-state index contributed by atoms with van der Waals surface area (Å²) < 4.78 is 5.19. The predicted octanol–water partition coefficient (Wildman–Crippen LogP) is 0.170. The molecule has 0 aliphatic heterocycles. The molecule has 0 spiro atoms. The van der Waals surface area contributed by atoms with E-state index >= 15 is 0 Å². The van der Waals surface area contributed by atoms with E-state index in [1.807, 2.05) is 0 Å². The summed E-state index contributed by atoms with van der Waals surface area (Å²) in [5, 5.41) is 8.66. The number of hydrogen-bond acceptors (Lipinski definition) is 4. The highest BCUT2D eigenvalue weighted by atomic mass is 16.5. The van der Waals surface area contributed by atoms with Crippen LogP contribution in [0.3, 0.4) is 0 Å². The van der Waals surface area contributed by atoms with Gasteiger partial charge in [-0.1, -0.05) is 0 Å². The van der Waals surface area contributed by atoms with Crippen molar-refractivity contribution in [3.63, 3.8) is 0 Å². The lowest BCUT2D eigenvalue weighted by Gasteiger charge is -2.02. The van der Waals surface area contributed by atoms with Crippen LogP contribution in [0.1, 0.15) is 12.8 Å². The van der Waals surface area contributed by atoms with Gasteiger partial charge in [0.25, 0.3) is 5.91 Å². The number of carbonyl (C=O) groups is 1. The number of aromatic amines is 1. The van der Waals surface area contributed by atoms with Gasteiger partial charge in [-0.05, 0) is 18.8 Å².